The van der Waals surface area contributed by atoms with Crippen molar-refractivity contribution in [1.29, 1.82) is 0 Å². The maximum Gasteiger partial charge on any atom is 0.143 e. The highest BCUT2D eigenvalue weighted by molar-refractivity contribution is 7.22. The summed E-state index contributed by atoms with van der Waals surface area (Å²) in [5, 5.41) is 11.0. The van der Waals surface area contributed by atoms with Crippen molar-refractivity contribution in [2.45, 2.75) is 0 Å². The highest BCUT2D eigenvalue weighted by atomic mass is 32.1. The van der Waals surface area contributed by atoms with Gasteiger partial charge in [0.25, 0.3) is 0 Å². The van der Waals surface area contributed by atoms with Crippen LogP contribution in [0.4, 0.5) is 0 Å². The summed E-state index contributed by atoms with van der Waals surface area (Å²) in [6.45, 7) is 0. The van der Waals surface area contributed by atoms with Crippen LogP contribution in [0.2, 0.25) is 0 Å². The van der Waals surface area contributed by atoms with Gasteiger partial charge in [-0.1, -0.05) is 140 Å². The van der Waals surface area contributed by atoms with Gasteiger partial charge in [0.1, 0.15) is 11.2 Å². The van der Waals surface area contributed by atoms with E-state index < -0.39 is 0 Å². The fourth-order valence-corrected chi connectivity index (χ4v) is 8.61. The van der Waals surface area contributed by atoms with E-state index in [0.29, 0.717) is 0 Å². The highest BCUT2D eigenvalue weighted by Gasteiger charge is 2.22. The van der Waals surface area contributed by atoms with Gasteiger partial charge < -0.3 is 4.42 Å². The third kappa shape index (κ3) is 3.68. The molecule has 0 saturated carbocycles. The lowest BCUT2D eigenvalue weighted by atomic mass is 9.84. The monoisotopic (exact) mass is 602 g/mol. The summed E-state index contributed by atoms with van der Waals surface area (Å²) < 4.78 is 8.08. The minimum atomic E-state index is 0.920. The zero-order valence-corrected chi connectivity index (χ0v) is 25.6. The van der Waals surface area contributed by atoms with E-state index in [1.807, 2.05) is 11.3 Å². The van der Waals surface area contributed by atoms with Crippen molar-refractivity contribution in [3.63, 3.8) is 0 Å². The smallest absolute Gasteiger partial charge is 0.143 e. The molecular weight excluding hydrogens is 577 g/mol. The van der Waals surface area contributed by atoms with Crippen molar-refractivity contribution >= 4 is 75.7 Å². The molecule has 214 valence electrons. The van der Waals surface area contributed by atoms with E-state index in [4.69, 9.17) is 4.42 Å². The minimum Gasteiger partial charge on any atom is -0.455 e. The number of furan rings is 1. The fraction of sp³-hybridized carbons (Fsp3) is 0. The normalized spacial score (nSPS) is 11.9. The van der Waals surface area contributed by atoms with Crippen molar-refractivity contribution in [3.05, 3.63) is 158 Å². The fourth-order valence-electron chi connectivity index (χ4n) is 7.50. The minimum absolute atomic E-state index is 0.920. The number of hydrogen-bond acceptors (Lipinski definition) is 2. The van der Waals surface area contributed by atoms with Crippen LogP contribution < -0.4 is 0 Å². The largest absolute Gasteiger partial charge is 0.455 e. The van der Waals surface area contributed by atoms with E-state index in [9.17, 15) is 0 Å². The molecule has 0 N–H and O–H groups in total. The number of benzene rings is 8. The molecule has 8 aromatic carbocycles. The van der Waals surface area contributed by atoms with Gasteiger partial charge >= 0.3 is 0 Å². The first-order valence-corrected chi connectivity index (χ1v) is 16.5. The van der Waals surface area contributed by atoms with Crippen LogP contribution in [-0.2, 0) is 0 Å². The second-order valence-corrected chi connectivity index (χ2v) is 13.1. The van der Waals surface area contributed by atoms with E-state index in [2.05, 4.69) is 158 Å². The molecular formula is C44H26OS. The quantitative estimate of drug-likeness (QED) is 0.183. The predicted molar refractivity (Wildman–Crippen MR) is 198 cm³/mol. The van der Waals surface area contributed by atoms with Crippen molar-refractivity contribution in [3.8, 4) is 32.7 Å². The third-order valence-corrected chi connectivity index (χ3v) is 10.6. The summed E-state index contributed by atoms with van der Waals surface area (Å²) in [6.07, 6.45) is 0. The molecule has 0 aliphatic rings. The van der Waals surface area contributed by atoms with Gasteiger partial charge in [0.15, 0.2) is 0 Å². The maximum atomic E-state index is 6.77. The van der Waals surface area contributed by atoms with Gasteiger partial charge in [-0.2, -0.15) is 0 Å². The predicted octanol–water partition coefficient (Wildman–Crippen LogP) is 13.3. The SMILES string of the molecule is c1ccc(-c2c3ccccc3c(-c3cccc4c3oc3ccc5ccccc5c34)c3ccccc23)c(-c2cc3ccccc3s2)c1. The summed E-state index contributed by atoms with van der Waals surface area (Å²) >= 11 is 1.86. The molecule has 0 aliphatic carbocycles. The highest BCUT2D eigenvalue weighted by Crippen LogP contribution is 2.49. The Morgan fingerprint density at radius 2 is 0.935 bits per heavy atom. The van der Waals surface area contributed by atoms with Crippen LogP contribution in [0.1, 0.15) is 0 Å². The molecule has 2 heteroatoms. The van der Waals surface area contributed by atoms with Gasteiger partial charge in [0, 0.05) is 31.5 Å². The van der Waals surface area contributed by atoms with Gasteiger partial charge in [0.05, 0.1) is 0 Å². The van der Waals surface area contributed by atoms with Gasteiger partial charge in [-0.25, -0.2) is 0 Å². The van der Waals surface area contributed by atoms with E-state index >= 15 is 0 Å². The van der Waals surface area contributed by atoms with Crippen molar-refractivity contribution < 1.29 is 4.42 Å². The first-order valence-electron chi connectivity index (χ1n) is 15.7. The lowest BCUT2D eigenvalue weighted by molar-refractivity contribution is 0.670. The van der Waals surface area contributed by atoms with Crippen LogP contribution in [0.3, 0.4) is 0 Å². The second-order valence-electron chi connectivity index (χ2n) is 12.0. The number of rotatable bonds is 3. The van der Waals surface area contributed by atoms with Crippen LogP contribution in [-0.4, -0.2) is 0 Å². The molecule has 10 rings (SSSR count). The molecule has 0 saturated heterocycles. The first-order chi connectivity index (χ1) is 22.8. The Morgan fingerprint density at radius 3 is 1.65 bits per heavy atom. The van der Waals surface area contributed by atoms with Gasteiger partial charge in [-0.3, -0.25) is 0 Å². The summed E-state index contributed by atoms with van der Waals surface area (Å²) in [5.41, 5.74) is 7.97. The molecule has 0 amide bonds. The van der Waals surface area contributed by atoms with Crippen molar-refractivity contribution in [1.82, 2.24) is 0 Å². The summed E-state index contributed by atoms with van der Waals surface area (Å²) in [5.74, 6) is 0. The number of thiophene rings is 1. The molecule has 1 nitrogen and oxygen atoms in total. The number of para-hydroxylation sites is 1. The molecule has 2 aromatic heterocycles. The maximum absolute atomic E-state index is 6.77. The van der Waals surface area contributed by atoms with Gasteiger partial charge in [-0.05, 0) is 72.6 Å². The lowest BCUT2D eigenvalue weighted by Crippen LogP contribution is -1.92. The molecule has 0 bridgehead atoms. The van der Waals surface area contributed by atoms with Crippen LogP contribution in [0.25, 0.3) is 97.0 Å². The Kier molecular flexibility index (Phi) is 5.51. The van der Waals surface area contributed by atoms with Crippen molar-refractivity contribution in [2.75, 3.05) is 0 Å². The zero-order chi connectivity index (χ0) is 30.2. The van der Waals surface area contributed by atoms with Crippen LogP contribution in [0.15, 0.2) is 162 Å². The second kappa shape index (κ2) is 9.90. The molecule has 0 spiro atoms. The van der Waals surface area contributed by atoms with E-state index in [1.165, 1.54) is 74.9 Å². The standard InChI is InChI=1S/C44H26OS/c1-3-14-29-27(12-1)24-25-38-43(29)37-22-11-21-36(44(37)45-38)42-34-19-8-6-17-32(34)41(33-18-7-9-20-35(33)42)31-16-5-4-15-30(31)40-26-28-13-2-10-23-39(28)46-40/h1-26H. The molecule has 0 aliphatic heterocycles. The van der Waals surface area contributed by atoms with E-state index in [0.717, 1.165) is 22.1 Å². The lowest BCUT2D eigenvalue weighted by Gasteiger charge is -2.19. The topological polar surface area (TPSA) is 13.1 Å². The number of hydrogen-bond donors (Lipinski definition) is 0. The van der Waals surface area contributed by atoms with Gasteiger partial charge in [0.2, 0.25) is 0 Å². The summed E-state index contributed by atoms with van der Waals surface area (Å²) in [4.78, 5) is 1.29. The zero-order valence-electron chi connectivity index (χ0n) is 24.8. The van der Waals surface area contributed by atoms with E-state index in [-0.39, 0.29) is 0 Å². The van der Waals surface area contributed by atoms with Crippen LogP contribution in [0, 0.1) is 0 Å². The molecule has 0 atom stereocenters. The summed E-state index contributed by atoms with van der Waals surface area (Å²) in [6, 6.07) is 57.2. The van der Waals surface area contributed by atoms with Crippen LogP contribution >= 0.6 is 11.3 Å². The Morgan fingerprint density at radius 1 is 0.391 bits per heavy atom. The average molecular weight is 603 g/mol. The van der Waals surface area contributed by atoms with Crippen LogP contribution in [0.5, 0.6) is 0 Å². The first kappa shape index (κ1) is 25.6. The molecule has 0 unspecified atom stereocenters. The Labute approximate surface area is 269 Å². The van der Waals surface area contributed by atoms with E-state index in [1.54, 1.807) is 0 Å². The Bertz CT molecular complexity index is 2720. The Hall–Kier alpha value is -5.70. The average Bonchev–Trinajstić information content (AvgIpc) is 3.73. The number of fused-ring (bicyclic) bond motifs is 8. The summed E-state index contributed by atoms with van der Waals surface area (Å²) in [7, 11) is 0. The molecule has 0 fully saturated rings. The van der Waals surface area contributed by atoms with Gasteiger partial charge in [-0.15, -0.1) is 11.3 Å². The third-order valence-electron chi connectivity index (χ3n) is 9.48. The van der Waals surface area contributed by atoms with Crippen molar-refractivity contribution in [2.24, 2.45) is 0 Å². The Balaban J connectivity index is 1.31. The molecule has 46 heavy (non-hydrogen) atoms. The molecule has 0 radical (unpaired) electrons. The molecule has 10 aromatic rings. The molecule has 2 heterocycles.